The number of nitrogens with zero attached hydrogens (tertiary/aromatic N) is 1. The number of benzene rings is 2. The third-order valence-corrected chi connectivity index (χ3v) is 6.02. The molecule has 158 valence electrons. The molecule has 0 spiro atoms. The highest BCUT2D eigenvalue weighted by Gasteiger charge is 2.46. The highest BCUT2D eigenvalue weighted by atomic mass is 16.5. The largest absolute Gasteiger partial charge is 0.375 e. The van der Waals surface area contributed by atoms with E-state index in [1.807, 2.05) is 7.05 Å². The van der Waals surface area contributed by atoms with E-state index in [0.717, 1.165) is 18.8 Å². The number of allylic oxidation sites excluding steroid dienone is 2. The Bertz CT molecular complexity index is 979. The van der Waals surface area contributed by atoms with E-state index in [0.29, 0.717) is 23.5 Å². The van der Waals surface area contributed by atoms with E-state index in [9.17, 15) is 4.79 Å². The molecule has 1 amide bonds. The van der Waals surface area contributed by atoms with E-state index in [2.05, 4.69) is 66.2 Å². The first-order valence-electron chi connectivity index (χ1n) is 10.3. The quantitative estimate of drug-likeness (QED) is 0.255. The minimum absolute atomic E-state index is 0.391. The van der Waals surface area contributed by atoms with Gasteiger partial charge in [-0.05, 0) is 53.3 Å². The number of amides is 1. The standard InChI is InChI=1S/C25H31N3O2/c1-5-20(25(29)27-30)12-10-17(2)28(4)16-23-18(3)24(23)26-15-19-11-13-21-8-6-7-9-22(21)14-19/h5-14,18,23-24,26,30H,2,15-16H2,1,3-4H3,(H,27,29)/b12-10-,20-5+. The van der Waals surface area contributed by atoms with Gasteiger partial charge < -0.3 is 10.2 Å². The van der Waals surface area contributed by atoms with Gasteiger partial charge in [-0.25, -0.2) is 5.48 Å². The fourth-order valence-corrected chi connectivity index (χ4v) is 3.86. The highest BCUT2D eigenvalue weighted by molar-refractivity contribution is 5.95. The van der Waals surface area contributed by atoms with Gasteiger partial charge in [-0.1, -0.05) is 56.0 Å². The lowest BCUT2D eigenvalue weighted by Gasteiger charge is -2.19. The average molecular weight is 406 g/mol. The molecule has 0 radical (unpaired) electrons. The zero-order valence-corrected chi connectivity index (χ0v) is 17.9. The summed E-state index contributed by atoms with van der Waals surface area (Å²) in [6, 6.07) is 15.5. The molecule has 0 saturated heterocycles. The molecule has 3 rings (SSSR count). The lowest BCUT2D eigenvalue weighted by molar-refractivity contribution is -0.124. The van der Waals surface area contributed by atoms with Gasteiger partial charge in [0.05, 0.1) is 0 Å². The molecular formula is C25H31N3O2. The Morgan fingerprint density at radius 1 is 1.20 bits per heavy atom. The van der Waals surface area contributed by atoms with Gasteiger partial charge in [0.2, 0.25) is 0 Å². The van der Waals surface area contributed by atoms with E-state index < -0.39 is 5.91 Å². The molecule has 2 aromatic rings. The van der Waals surface area contributed by atoms with Gasteiger partial charge in [-0.15, -0.1) is 0 Å². The van der Waals surface area contributed by atoms with Crippen LogP contribution in [0.3, 0.4) is 0 Å². The van der Waals surface area contributed by atoms with E-state index in [1.165, 1.54) is 16.3 Å². The SMILES string of the molecule is C=C(/C=C\C(=C/C)C(=O)NO)N(C)CC1C(C)C1NCc1ccc2ccccc2c1. The Morgan fingerprint density at radius 2 is 1.93 bits per heavy atom. The highest BCUT2D eigenvalue weighted by Crippen LogP contribution is 2.39. The molecule has 0 aliphatic heterocycles. The van der Waals surface area contributed by atoms with Crippen LogP contribution in [-0.2, 0) is 11.3 Å². The molecule has 5 heteroatoms. The van der Waals surface area contributed by atoms with Gasteiger partial charge in [0.25, 0.3) is 5.91 Å². The van der Waals surface area contributed by atoms with Gasteiger partial charge >= 0.3 is 0 Å². The topological polar surface area (TPSA) is 64.6 Å². The number of hydrogen-bond acceptors (Lipinski definition) is 4. The third-order valence-electron chi connectivity index (χ3n) is 6.02. The van der Waals surface area contributed by atoms with Gasteiger partial charge in [-0.2, -0.15) is 0 Å². The lowest BCUT2D eigenvalue weighted by atomic mass is 10.1. The van der Waals surface area contributed by atoms with Gasteiger partial charge in [0.1, 0.15) is 0 Å². The number of hydroxylamine groups is 1. The summed E-state index contributed by atoms with van der Waals surface area (Å²) in [4.78, 5) is 13.6. The first-order chi connectivity index (χ1) is 14.4. The average Bonchev–Trinajstić information content (AvgIpc) is 3.38. The van der Waals surface area contributed by atoms with Crippen molar-refractivity contribution in [1.29, 1.82) is 0 Å². The number of fused-ring (bicyclic) bond motifs is 1. The number of hydrogen-bond donors (Lipinski definition) is 3. The van der Waals surface area contributed by atoms with Crippen LogP contribution in [0.4, 0.5) is 0 Å². The second-order valence-electron chi connectivity index (χ2n) is 8.00. The third kappa shape index (κ3) is 5.17. The number of likely N-dealkylation sites (N-methyl/N-ethyl adjacent to an activating group) is 1. The monoisotopic (exact) mass is 405 g/mol. The molecule has 3 N–H and O–H groups in total. The van der Waals surface area contributed by atoms with Crippen LogP contribution in [0.15, 0.2) is 78.5 Å². The van der Waals surface area contributed by atoms with E-state index in [1.54, 1.807) is 30.6 Å². The zero-order chi connectivity index (χ0) is 21.7. The Hall–Kier alpha value is -2.89. The summed E-state index contributed by atoms with van der Waals surface area (Å²) in [7, 11) is 2.01. The summed E-state index contributed by atoms with van der Waals surface area (Å²) < 4.78 is 0. The van der Waals surface area contributed by atoms with Gasteiger partial charge in [0, 0.05) is 37.4 Å². The second kappa shape index (κ2) is 9.74. The predicted octanol–water partition coefficient (Wildman–Crippen LogP) is 4.02. The van der Waals surface area contributed by atoms with Crippen molar-refractivity contribution < 1.29 is 10.0 Å². The molecule has 0 heterocycles. The first-order valence-corrected chi connectivity index (χ1v) is 10.3. The molecular weight excluding hydrogens is 374 g/mol. The van der Waals surface area contributed by atoms with Crippen molar-refractivity contribution in [2.24, 2.45) is 11.8 Å². The molecule has 1 aliphatic carbocycles. The number of nitrogens with one attached hydrogen (secondary N) is 2. The number of carbonyl (C=O) groups is 1. The minimum Gasteiger partial charge on any atom is -0.375 e. The van der Waals surface area contributed by atoms with Crippen molar-refractivity contribution >= 4 is 16.7 Å². The normalized spacial score (nSPS) is 21.1. The van der Waals surface area contributed by atoms with E-state index in [4.69, 9.17) is 5.21 Å². The Labute approximate surface area is 178 Å². The van der Waals surface area contributed by atoms with Crippen molar-refractivity contribution in [3.05, 3.63) is 84.1 Å². The molecule has 5 nitrogen and oxygen atoms in total. The Kier molecular flexibility index (Phi) is 7.08. The maximum absolute atomic E-state index is 11.5. The van der Waals surface area contributed by atoms with Crippen LogP contribution in [0.2, 0.25) is 0 Å². The summed E-state index contributed by atoms with van der Waals surface area (Å²) in [6.07, 6.45) is 5.11. The van der Waals surface area contributed by atoms with Crippen molar-refractivity contribution in [2.75, 3.05) is 13.6 Å². The van der Waals surface area contributed by atoms with Crippen LogP contribution < -0.4 is 10.8 Å². The summed E-state index contributed by atoms with van der Waals surface area (Å²) in [5, 5.41) is 15.0. The fourth-order valence-electron chi connectivity index (χ4n) is 3.86. The molecule has 1 fully saturated rings. The first kappa shape index (κ1) is 21.8. The van der Waals surface area contributed by atoms with E-state index >= 15 is 0 Å². The summed E-state index contributed by atoms with van der Waals surface area (Å²) in [6.45, 7) is 9.89. The maximum Gasteiger partial charge on any atom is 0.274 e. The Morgan fingerprint density at radius 3 is 2.63 bits per heavy atom. The molecule has 1 saturated carbocycles. The maximum atomic E-state index is 11.5. The summed E-state index contributed by atoms with van der Waals surface area (Å²) >= 11 is 0. The van der Waals surface area contributed by atoms with Crippen LogP contribution >= 0.6 is 0 Å². The van der Waals surface area contributed by atoms with E-state index in [-0.39, 0.29) is 0 Å². The van der Waals surface area contributed by atoms with Gasteiger partial charge in [-0.3, -0.25) is 10.0 Å². The van der Waals surface area contributed by atoms with Crippen LogP contribution in [-0.4, -0.2) is 35.6 Å². The van der Waals surface area contributed by atoms with Crippen molar-refractivity contribution in [3.8, 4) is 0 Å². The molecule has 3 unspecified atom stereocenters. The Balaban J connectivity index is 1.50. The fraction of sp³-hybridized carbons (Fsp3) is 0.320. The second-order valence-corrected chi connectivity index (χ2v) is 8.00. The van der Waals surface area contributed by atoms with Crippen molar-refractivity contribution in [3.63, 3.8) is 0 Å². The number of carbonyl (C=O) groups excluding carboxylic acids is 1. The molecule has 0 bridgehead atoms. The molecule has 2 aromatic carbocycles. The van der Waals surface area contributed by atoms with Crippen LogP contribution in [0, 0.1) is 11.8 Å². The van der Waals surface area contributed by atoms with Crippen LogP contribution in [0.25, 0.3) is 10.8 Å². The molecule has 3 atom stereocenters. The van der Waals surface area contributed by atoms with Crippen molar-refractivity contribution in [2.45, 2.75) is 26.4 Å². The van der Waals surface area contributed by atoms with Crippen LogP contribution in [0.1, 0.15) is 19.4 Å². The summed E-state index contributed by atoms with van der Waals surface area (Å²) in [5.74, 6) is 0.636. The van der Waals surface area contributed by atoms with Crippen LogP contribution in [0.5, 0.6) is 0 Å². The molecule has 30 heavy (non-hydrogen) atoms. The zero-order valence-electron chi connectivity index (χ0n) is 17.9. The minimum atomic E-state index is -0.530. The lowest BCUT2D eigenvalue weighted by Crippen LogP contribution is -2.24. The molecule has 1 aliphatic rings. The smallest absolute Gasteiger partial charge is 0.274 e. The predicted molar refractivity (Wildman–Crippen MR) is 122 cm³/mol. The van der Waals surface area contributed by atoms with Gasteiger partial charge in [0.15, 0.2) is 0 Å². The molecule has 0 aromatic heterocycles. The number of rotatable bonds is 9. The van der Waals surface area contributed by atoms with Crippen molar-refractivity contribution in [1.82, 2.24) is 15.7 Å². The summed E-state index contributed by atoms with van der Waals surface area (Å²) in [5.41, 5.74) is 4.17.